The molecule has 0 saturated carbocycles. The maximum absolute atomic E-state index is 13.3. The van der Waals surface area contributed by atoms with Gasteiger partial charge in [-0.05, 0) is 52.7 Å². The van der Waals surface area contributed by atoms with Gasteiger partial charge < -0.3 is 5.32 Å². The van der Waals surface area contributed by atoms with Crippen molar-refractivity contribution in [1.29, 1.82) is 0 Å². The summed E-state index contributed by atoms with van der Waals surface area (Å²) < 4.78 is 27.7. The third-order valence-electron chi connectivity index (χ3n) is 4.13. The summed E-state index contributed by atoms with van der Waals surface area (Å²) in [5.74, 6) is -0.346. The van der Waals surface area contributed by atoms with Gasteiger partial charge >= 0.3 is 0 Å². The Bertz CT molecular complexity index is 1110. The number of sulfonamides is 1. The summed E-state index contributed by atoms with van der Waals surface area (Å²) in [6, 6.07) is 14.5. The Hall–Kier alpha value is -2.61. The number of para-hydroxylation sites is 1. The molecular weight excluding hydrogens is 428 g/mol. The summed E-state index contributed by atoms with van der Waals surface area (Å²) in [6.45, 7) is 4.06. The molecule has 150 valence electrons. The normalized spacial score (nSPS) is 11.1. The molecule has 1 N–H and O–H groups in total. The van der Waals surface area contributed by atoms with Crippen LogP contribution in [0.4, 0.5) is 5.69 Å². The lowest BCUT2D eigenvalue weighted by molar-refractivity contribution is 0.0950. The van der Waals surface area contributed by atoms with Crippen LogP contribution in [-0.4, -0.2) is 20.9 Å². The largest absolute Gasteiger partial charge is 0.348 e. The lowest BCUT2D eigenvalue weighted by atomic mass is 10.2. The molecular formula is C21H19ClN2O3S2. The fourth-order valence-electron chi connectivity index (χ4n) is 2.70. The Kier molecular flexibility index (Phi) is 6.74. The van der Waals surface area contributed by atoms with Crippen LogP contribution in [0, 0.1) is 0 Å². The van der Waals surface area contributed by atoms with E-state index in [0.29, 0.717) is 17.3 Å². The van der Waals surface area contributed by atoms with Gasteiger partial charge in [0.15, 0.2) is 0 Å². The SMILES string of the molecule is C=CCN(c1ccccc1Cl)S(=O)(=O)c1cccc(C(=O)NCc2ccsc2)c1. The second-order valence-electron chi connectivity index (χ2n) is 6.12. The first-order valence-electron chi connectivity index (χ1n) is 8.71. The summed E-state index contributed by atoms with van der Waals surface area (Å²) in [4.78, 5) is 12.5. The standard InChI is InChI=1S/C21H19ClN2O3S2/c1-2-11-24(20-9-4-3-8-19(20)22)29(26,27)18-7-5-6-17(13-18)21(25)23-14-16-10-12-28-15-16/h2-10,12-13,15H,1,11,14H2,(H,23,25). The summed E-state index contributed by atoms with van der Waals surface area (Å²) in [5.41, 5.74) is 1.60. The van der Waals surface area contributed by atoms with Crippen LogP contribution in [0.15, 0.2) is 82.9 Å². The number of thiophene rings is 1. The molecule has 0 aliphatic heterocycles. The Morgan fingerprint density at radius 3 is 2.66 bits per heavy atom. The van der Waals surface area contributed by atoms with E-state index in [0.717, 1.165) is 5.56 Å². The van der Waals surface area contributed by atoms with Crippen molar-refractivity contribution < 1.29 is 13.2 Å². The van der Waals surface area contributed by atoms with Crippen molar-refractivity contribution in [1.82, 2.24) is 5.32 Å². The van der Waals surface area contributed by atoms with Crippen LogP contribution in [0.1, 0.15) is 15.9 Å². The number of amides is 1. The number of hydrogen-bond donors (Lipinski definition) is 1. The van der Waals surface area contributed by atoms with Crippen molar-refractivity contribution >= 4 is 44.6 Å². The monoisotopic (exact) mass is 446 g/mol. The number of nitrogens with one attached hydrogen (secondary N) is 1. The molecule has 0 spiro atoms. The summed E-state index contributed by atoms with van der Waals surface area (Å²) in [6.07, 6.45) is 1.48. The van der Waals surface area contributed by atoms with Gasteiger partial charge in [-0.2, -0.15) is 11.3 Å². The van der Waals surface area contributed by atoms with Gasteiger partial charge in [0.1, 0.15) is 0 Å². The predicted octanol–water partition coefficient (Wildman–Crippen LogP) is 4.71. The number of hydrogen-bond acceptors (Lipinski definition) is 4. The highest BCUT2D eigenvalue weighted by molar-refractivity contribution is 7.92. The van der Waals surface area contributed by atoms with E-state index >= 15 is 0 Å². The lowest BCUT2D eigenvalue weighted by Gasteiger charge is -2.24. The topological polar surface area (TPSA) is 66.5 Å². The Morgan fingerprint density at radius 1 is 1.17 bits per heavy atom. The van der Waals surface area contributed by atoms with Gasteiger partial charge in [0.05, 0.1) is 22.2 Å². The zero-order valence-corrected chi connectivity index (χ0v) is 17.8. The molecule has 29 heavy (non-hydrogen) atoms. The van der Waals surface area contributed by atoms with Crippen LogP contribution < -0.4 is 9.62 Å². The quantitative estimate of drug-likeness (QED) is 0.509. The maximum atomic E-state index is 13.3. The smallest absolute Gasteiger partial charge is 0.264 e. The molecule has 1 aromatic heterocycles. The zero-order chi connectivity index (χ0) is 20.9. The molecule has 1 amide bonds. The van der Waals surface area contributed by atoms with Crippen molar-refractivity contribution in [2.24, 2.45) is 0 Å². The van der Waals surface area contributed by atoms with Crippen LogP contribution >= 0.6 is 22.9 Å². The Labute approximate surface area is 179 Å². The summed E-state index contributed by atoms with van der Waals surface area (Å²) in [7, 11) is -3.95. The molecule has 1 heterocycles. The van der Waals surface area contributed by atoms with Gasteiger partial charge in [-0.25, -0.2) is 8.42 Å². The fraction of sp³-hybridized carbons (Fsp3) is 0.0952. The predicted molar refractivity (Wildman–Crippen MR) is 118 cm³/mol. The van der Waals surface area contributed by atoms with Crippen molar-refractivity contribution in [3.8, 4) is 0 Å². The third-order valence-corrected chi connectivity index (χ3v) is 6.96. The average Bonchev–Trinajstić information content (AvgIpc) is 3.24. The van der Waals surface area contributed by atoms with Gasteiger partial charge in [-0.3, -0.25) is 9.10 Å². The van der Waals surface area contributed by atoms with Crippen LogP contribution in [0.3, 0.4) is 0 Å². The van der Waals surface area contributed by atoms with Gasteiger partial charge in [0.25, 0.3) is 15.9 Å². The van der Waals surface area contributed by atoms with E-state index in [-0.39, 0.29) is 22.9 Å². The van der Waals surface area contributed by atoms with E-state index in [2.05, 4.69) is 11.9 Å². The van der Waals surface area contributed by atoms with Crippen LogP contribution in [0.2, 0.25) is 5.02 Å². The molecule has 0 aliphatic carbocycles. The molecule has 0 radical (unpaired) electrons. The second-order valence-corrected chi connectivity index (χ2v) is 9.17. The van der Waals surface area contributed by atoms with Gasteiger partial charge in [0, 0.05) is 12.1 Å². The van der Waals surface area contributed by atoms with E-state index in [9.17, 15) is 13.2 Å². The Balaban J connectivity index is 1.89. The number of halogens is 1. The molecule has 0 unspecified atom stereocenters. The molecule has 3 rings (SSSR count). The molecule has 5 nitrogen and oxygen atoms in total. The number of rotatable bonds is 8. The van der Waals surface area contributed by atoms with E-state index in [4.69, 9.17) is 11.6 Å². The first-order valence-corrected chi connectivity index (χ1v) is 11.5. The molecule has 0 atom stereocenters. The maximum Gasteiger partial charge on any atom is 0.264 e. The van der Waals surface area contributed by atoms with E-state index in [1.54, 1.807) is 47.7 Å². The number of anilines is 1. The zero-order valence-electron chi connectivity index (χ0n) is 15.4. The van der Waals surface area contributed by atoms with Crippen LogP contribution in [0.5, 0.6) is 0 Å². The number of nitrogens with zero attached hydrogens (tertiary/aromatic N) is 1. The van der Waals surface area contributed by atoms with Crippen molar-refractivity contribution in [3.63, 3.8) is 0 Å². The highest BCUT2D eigenvalue weighted by atomic mass is 35.5. The molecule has 8 heteroatoms. The van der Waals surface area contributed by atoms with Crippen molar-refractivity contribution in [2.75, 3.05) is 10.8 Å². The molecule has 0 saturated heterocycles. The highest BCUT2D eigenvalue weighted by Gasteiger charge is 2.26. The van der Waals surface area contributed by atoms with Crippen molar-refractivity contribution in [2.45, 2.75) is 11.4 Å². The summed E-state index contributed by atoms with van der Waals surface area (Å²) in [5, 5.41) is 6.98. The van der Waals surface area contributed by atoms with E-state index in [1.807, 2.05) is 16.8 Å². The molecule has 2 aromatic carbocycles. The van der Waals surface area contributed by atoms with Crippen LogP contribution in [0.25, 0.3) is 0 Å². The lowest BCUT2D eigenvalue weighted by Crippen LogP contribution is -2.31. The van der Waals surface area contributed by atoms with E-state index in [1.165, 1.54) is 22.5 Å². The van der Waals surface area contributed by atoms with Gasteiger partial charge in [0.2, 0.25) is 0 Å². The molecule has 0 bridgehead atoms. The van der Waals surface area contributed by atoms with Gasteiger partial charge in [-0.1, -0.05) is 35.9 Å². The van der Waals surface area contributed by atoms with Crippen molar-refractivity contribution in [3.05, 3.63) is 94.2 Å². The first-order chi connectivity index (χ1) is 13.9. The van der Waals surface area contributed by atoms with Crippen LogP contribution in [-0.2, 0) is 16.6 Å². The summed E-state index contributed by atoms with van der Waals surface area (Å²) >= 11 is 7.76. The molecule has 0 fully saturated rings. The second kappa shape index (κ2) is 9.26. The highest BCUT2D eigenvalue weighted by Crippen LogP contribution is 2.30. The minimum absolute atomic E-state index is 0.00227. The average molecular weight is 447 g/mol. The first kappa shape index (κ1) is 21.1. The molecule has 3 aromatic rings. The molecule has 0 aliphatic rings. The fourth-order valence-corrected chi connectivity index (χ4v) is 5.16. The Morgan fingerprint density at radius 2 is 1.97 bits per heavy atom. The minimum Gasteiger partial charge on any atom is -0.348 e. The number of carbonyl (C=O) groups excluding carboxylic acids is 1. The third kappa shape index (κ3) is 4.87. The minimum atomic E-state index is -3.95. The number of benzene rings is 2. The van der Waals surface area contributed by atoms with Gasteiger partial charge in [-0.15, -0.1) is 6.58 Å². The number of carbonyl (C=O) groups is 1. The van der Waals surface area contributed by atoms with E-state index < -0.39 is 10.0 Å².